The summed E-state index contributed by atoms with van der Waals surface area (Å²) in [5.74, 6) is -1.50. The van der Waals surface area contributed by atoms with Crippen molar-refractivity contribution in [1.82, 2.24) is 0 Å². The number of ketones is 1. The molecule has 3 aromatic carbocycles. The summed E-state index contributed by atoms with van der Waals surface area (Å²) in [5, 5.41) is 0. The van der Waals surface area contributed by atoms with Gasteiger partial charge in [0.25, 0.3) is 11.8 Å². The fourth-order valence-corrected chi connectivity index (χ4v) is 3.66. The molecule has 7 nitrogen and oxygen atoms in total. The Morgan fingerprint density at radius 1 is 0.848 bits per heavy atom. The van der Waals surface area contributed by atoms with Gasteiger partial charge in [0.1, 0.15) is 5.75 Å². The maximum absolute atomic E-state index is 12.9. The van der Waals surface area contributed by atoms with Crippen LogP contribution in [-0.2, 0) is 4.74 Å². The van der Waals surface area contributed by atoms with Gasteiger partial charge in [-0.2, -0.15) is 0 Å². The fourth-order valence-electron chi connectivity index (χ4n) is 3.66. The third-order valence-corrected chi connectivity index (χ3v) is 5.48. The van der Waals surface area contributed by atoms with Crippen LogP contribution in [0.5, 0.6) is 5.75 Å². The first-order valence-electron chi connectivity index (χ1n) is 10.2. The molecule has 1 aliphatic heterocycles. The first-order valence-corrected chi connectivity index (χ1v) is 10.2. The number of anilines is 1. The van der Waals surface area contributed by atoms with E-state index in [-0.39, 0.29) is 22.5 Å². The Labute approximate surface area is 190 Å². The van der Waals surface area contributed by atoms with Gasteiger partial charge >= 0.3 is 5.97 Å². The highest BCUT2D eigenvalue weighted by Crippen LogP contribution is 2.30. The molecule has 0 atom stereocenters. The first-order chi connectivity index (χ1) is 15.8. The summed E-state index contributed by atoms with van der Waals surface area (Å²) in [7, 11) is 1.52. The highest BCUT2D eigenvalue weighted by Gasteiger charge is 2.37. The quantitative estimate of drug-likeness (QED) is 0.323. The molecule has 1 aliphatic rings. The topological polar surface area (TPSA) is 90.0 Å². The largest absolute Gasteiger partial charge is 0.497 e. The van der Waals surface area contributed by atoms with E-state index >= 15 is 0 Å². The van der Waals surface area contributed by atoms with E-state index in [2.05, 4.69) is 0 Å². The van der Waals surface area contributed by atoms with Crippen LogP contribution in [0.15, 0.2) is 60.7 Å². The SMILES string of the molecule is COc1ccc(N2C(=O)c3ccc(C(=O)OCC(=O)c4cc(C)ccc4C)cc3C2=O)cc1. The lowest BCUT2D eigenvalue weighted by Crippen LogP contribution is -2.29. The second-order valence-electron chi connectivity index (χ2n) is 7.72. The van der Waals surface area contributed by atoms with E-state index in [9.17, 15) is 19.2 Å². The number of benzene rings is 3. The van der Waals surface area contributed by atoms with Crippen LogP contribution in [0.2, 0.25) is 0 Å². The van der Waals surface area contributed by atoms with Gasteiger partial charge in [0.2, 0.25) is 5.78 Å². The molecule has 0 unspecified atom stereocenters. The third kappa shape index (κ3) is 4.13. The minimum atomic E-state index is -0.750. The van der Waals surface area contributed by atoms with E-state index in [0.717, 1.165) is 16.0 Å². The molecule has 0 radical (unpaired) electrons. The molecule has 0 spiro atoms. The van der Waals surface area contributed by atoms with Gasteiger partial charge in [-0.15, -0.1) is 0 Å². The van der Waals surface area contributed by atoms with Crippen molar-refractivity contribution < 1.29 is 28.7 Å². The number of nitrogens with zero attached hydrogens (tertiary/aromatic N) is 1. The number of hydrogen-bond donors (Lipinski definition) is 0. The Kier molecular flexibility index (Phi) is 5.79. The fraction of sp³-hybridized carbons (Fsp3) is 0.154. The van der Waals surface area contributed by atoms with Crippen LogP contribution in [-0.4, -0.2) is 37.3 Å². The van der Waals surface area contributed by atoms with Gasteiger partial charge in [0, 0.05) is 5.56 Å². The molecule has 0 fully saturated rings. The predicted octanol–water partition coefficient (Wildman–Crippen LogP) is 4.15. The van der Waals surface area contributed by atoms with Crippen molar-refractivity contribution in [3.63, 3.8) is 0 Å². The first kappa shape index (κ1) is 22.0. The molecule has 33 heavy (non-hydrogen) atoms. The molecule has 0 aromatic heterocycles. The summed E-state index contributed by atoms with van der Waals surface area (Å²) in [5.41, 5.74) is 2.99. The van der Waals surface area contributed by atoms with Gasteiger partial charge < -0.3 is 9.47 Å². The molecular formula is C26H21NO6. The number of Topliss-reactive ketones (excluding diaryl/α,β-unsaturated/α-hetero) is 1. The van der Waals surface area contributed by atoms with E-state index in [4.69, 9.17) is 9.47 Å². The average Bonchev–Trinajstić information content (AvgIpc) is 3.08. The molecular weight excluding hydrogens is 422 g/mol. The van der Waals surface area contributed by atoms with Crippen LogP contribution in [0.3, 0.4) is 0 Å². The van der Waals surface area contributed by atoms with Crippen LogP contribution >= 0.6 is 0 Å². The van der Waals surface area contributed by atoms with Crippen molar-refractivity contribution in [3.05, 3.63) is 94.0 Å². The van der Waals surface area contributed by atoms with Gasteiger partial charge in [0.15, 0.2) is 6.61 Å². The van der Waals surface area contributed by atoms with Gasteiger partial charge in [-0.25, -0.2) is 9.69 Å². The van der Waals surface area contributed by atoms with Crippen LogP contribution in [0.4, 0.5) is 5.69 Å². The Balaban J connectivity index is 1.51. The number of carbonyl (C=O) groups excluding carboxylic acids is 4. The summed E-state index contributed by atoms with van der Waals surface area (Å²) < 4.78 is 10.3. The Bertz CT molecular complexity index is 1290. The van der Waals surface area contributed by atoms with E-state index in [1.807, 2.05) is 26.0 Å². The summed E-state index contributed by atoms with van der Waals surface area (Å²) in [6.07, 6.45) is 0. The molecule has 2 amide bonds. The monoisotopic (exact) mass is 443 g/mol. The lowest BCUT2D eigenvalue weighted by Gasteiger charge is -2.14. The maximum Gasteiger partial charge on any atom is 0.338 e. The number of hydrogen-bond acceptors (Lipinski definition) is 6. The minimum absolute atomic E-state index is 0.0836. The second kappa shape index (κ2) is 8.70. The Hall–Kier alpha value is -4.26. The minimum Gasteiger partial charge on any atom is -0.497 e. The normalized spacial score (nSPS) is 12.5. The predicted molar refractivity (Wildman–Crippen MR) is 121 cm³/mol. The zero-order valence-electron chi connectivity index (χ0n) is 18.4. The number of aryl methyl sites for hydroxylation is 2. The number of rotatable bonds is 6. The summed E-state index contributed by atoms with van der Waals surface area (Å²) >= 11 is 0. The maximum atomic E-state index is 12.9. The smallest absolute Gasteiger partial charge is 0.338 e. The van der Waals surface area contributed by atoms with Gasteiger partial charge in [-0.1, -0.05) is 17.7 Å². The number of carbonyl (C=O) groups is 4. The van der Waals surface area contributed by atoms with E-state index < -0.39 is 24.4 Å². The number of fused-ring (bicyclic) bond motifs is 1. The molecule has 0 bridgehead atoms. The van der Waals surface area contributed by atoms with Crippen LogP contribution in [0.1, 0.15) is 52.6 Å². The van der Waals surface area contributed by atoms with Crippen LogP contribution in [0, 0.1) is 13.8 Å². The molecule has 7 heteroatoms. The van der Waals surface area contributed by atoms with Crippen molar-refractivity contribution in [2.45, 2.75) is 13.8 Å². The lowest BCUT2D eigenvalue weighted by atomic mass is 10.0. The summed E-state index contributed by atoms with van der Waals surface area (Å²) in [4.78, 5) is 51.8. The highest BCUT2D eigenvalue weighted by atomic mass is 16.5. The number of amides is 2. The molecule has 0 saturated heterocycles. The third-order valence-electron chi connectivity index (χ3n) is 5.48. The number of esters is 1. The van der Waals surface area contributed by atoms with E-state index in [1.54, 1.807) is 30.3 Å². The van der Waals surface area contributed by atoms with Gasteiger partial charge in [-0.05, 0) is 67.9 Å². The summed E-state index contributed by atoms with van der Waals surface area (Å²) in [6, 6.07) is 16.1. The van der Waals surface area contributed by atoms with Gasteiger partial charge in [0.05, 0.1) is 29.5 Å². The number of imide groups is 1. The molecule has 3 aromatic rings. The van der Waals surface area contributed by atoms with Crippen molar-refractivity contribution >= 4 is 29.3 Å². The Morgan fingerprint density at radius 2 is 1.55 bits per heavy atom. The zero-order valence-corrected chi connectivity index (χ0v) is 18.4. The van der Waals surface area contributed by atoms with E-state index in [1.165, 1.54) is 25.3 Å². The molecule has 0 saturated carbocycles. The van der Waals surface area contributed by atoms with Crippen molar-refractivity contribution in [2.75, 3.05) is 18.6 Å². The lowest BCUT2D eigenvalue weighted by molar-refractivity contribution is 0.0474. The number of ether oxygens (including phenoxy) is 2. The summed E-state index contributed by atoms with van der Waals surface area (Å²) in [6.45, 7) is 3.26. The standard InChI is InChI=1S/C26H21NO6/c1-15-4-5-16(2)21(12-15)23(28)14-33-26(31)17-6-11-20-22(13-17)25(30)27(24(20)29)18-7-9-19(32-3)10-8-18/h4-13H,14H2,1-3H3. The van der Waals surface area contributed by atoms with Crippen molar-refractivity contribution in [1.29, 1.82) is 0 Å². The molecule has 166 valence electrons. The second-order valence-corrected chi connectivity index (χ2v) is 7.72. The molecule has 1 heterocycles. The highest BCUT2D eigenvalue weighted by molar-refractivity contribution is 6.34. The average molecular weight is 443 g/mol. The molecule has 0 N–H and O–H groups in total. The molecule has 0 aliphatic carbocycles. The Morgan fingerprint density at radius 3 is 2.24 bits per heavy atom. The van der Waals surface area contributed by atoms with Crippen molar-refractivity contribution in [3.8, 4) is 5.75 Å². The molecule has 4 rings (SSSR count). The van der Waals surface area contributed by atoms with E-state index in [0.29, 0.717) is 17.0 Å². The van der Waals surface area contributed by atoms with Gasteiger partial charge in [-0.3, -0.25) is 14.4 Å². The van der Waals surface area contributed by atoms with Crippen LogP contribution in [0.25, 0.3) is 0 Å². The number of methoxy groups -OCH3 is 1. The van der Waals surface area contributed by atoms with Crippen molar-refractivity contribution in [2.24, 2.45) is 0 Å². The zero-order chi connectivity index (χ0) is 23.7. The van der Waals surface area contributed by atoms with Crippen LogP contribution < -0.4 is 9.64 Å².